The molecule has 2 heterocycles. The molecule has 2 aromatic heterocycles. The van der Waals surface area contributed by atoms with Gasteiger partial charge in [0.1, 0.15) is 22.3 Å². The van der Waals surface area contributed by atoms with E-state index in [4.69, 9.17) is 8.83 Å². The summed E-state index contributed by atoms with van der Waals surface area (Å²) in [5.41, 5.74) is 13.2. The molecule has 2 nitrogen and oxygen atoms in total. The molecule has 4 heteroatoms. The summed E-state index contributed by atoms with van der Waals surface area (Å²) in [5, 5.41) is 4.51. The highest BCUT2D eigenvalue weighted by atomic mass is 79.9. The van der Waals surface area contributed by atoms with Crippen LogP contribution in [0.2, 0.25) is 0 Å². The Labute approximate surface area is 251 Å². The molecule has 0 N–H and O–H groups in total. The van der Waals surface area contributed by atoms with Gasteiger partial charge in [0.25, 0.3) is 0 Å². The van der Waals surface area contributed by atoms with Gasteiger partial charge < -0.3 is 8.83 Å². The Bertz CT molecular complexity index is 2290. The average molecular weight is 654 g/mol. The lowest BCUT2D eigenvalue weighted by molar-refractivity contribution is 0.666. The largest absolute Gasteiger partial charge is 0.455 e. The summed E-state index contributed by atoms with van der Waals surface area (Å²) in [5.74, 6) is 0. The normalized spacial score (nSPS) is 14.3. The summed E-state index contributed by atoms with van der Waals surface area (Å²) >= 11 is 7.92. The third-order valence-corrected chi connectivity index (χ3v) is 10.4. The monoisotopic (exact) mass is 652 g/mol. The summed E-state index contributed by atoms with van der Waals surface area (Å²) in [6, 6.07) is 39.2. The summed E-state index contributed by atoms with van der Waals surface area (Å²) < 4.78 is 15.0. The van der Waals surface area contributed by atoms with Crippen LogP contribution in [0.5, 0.6) is 0 Å². The minimum atomic E-state index is -0.498. The number of hydrogen-bond acceptors (Lipinski definition) is 2. The maximum Gasteiger partial charge on any atom is 0.150 e. The van der Waals surface area contributed by atoms with Crippen LogP contribution in [-0.2, 0) is 5.41 Å². The first-order valence-electron chi connectivity index (χ1n) is 13.7. The molecule has 0 aliphatic heterocycles. The van der Waals surface area contributed by atoms with Gasteiger partial charge in [0.15, 0.2) is 0 Å². The van der Waals surface area contributed by atoms with Crippen molar-refractivity contribution in [2.24, 2.45) is 0 Å². The number of furan rings is 2. The molecule has 8 aromatic rings. The van der Waals surface area contributed by atoms with Crippen LogP contribution in [0, 0.1) is 0 Å². The first kappa shape index (κ1) is 22.6. The Morgan fingerprint density at radius 3 is 1.37 bits per heavy atom. The fourth-order valence-corrected chi connectivity index (χ4v) is 8.81. The molecule has 0 radical (unpaired) electrons. The molecular weight excluding hydrogens is 636 g/mol. The number of benzene rings is 6. The quantitative estimate of drug-likeness (QED) is 0.163. The lowest BCUT2D eigenvalue weighted by Gasteiger charge is -2.30. The second kappa shape index (κ2) is 7.58. The molecule has 0 unspecified atom stereocenters. The van der Waals surface area contributed by atoms with Crippen molar-refractivity contribution >= 4 is 75.7 Å². The van der Waals surface area contributed by atoms with Gasteiger partial charge in [-0.3, -0.25) is 0 Å². The van der Waals surface area contributed by atoms with Gasteiger partial charge in [0.2, 0.25) is 0 Å². The van der Waals surface area contributed by atoms with Gasteiger partial charge in [0, 0.05) is 21.5 Å². The minimum Gasteiger partial charge on any atom is -0.455 e. The van der Waals surface area contributed by atoms with Gasteiger partial charge in [-0.05, 0) is 101 Å². The molecule has 0 bridgehead atoms. The van der Waals surface area contributed by atoms with E-state index in [9.17, 15) is 0 Å². The Balaban J connectivity index is 1.55. The Morgan fingerprint density at radius 2 is 0.878 bits per heavy atom. The van der Waals surface area contributed by atoms with Crippen molar-refractivity contribution < 1.29 is 8.83 Å². The van der Waals surface area contributed by atoms with Crippen LogP contribution in [0.25, 0.3) is 66.1 Å². The van der Waals surface area contributed by atoms with Crippen LogP contribution in [0.1, 0.15) is 22.3 Å². The molecule has 41 heavy (non-hydrogen) atoms. The molecule has 192 valence electrons. The molecule has 10 rings (SSSR count). The van der Waals surface area contributed by atoms with Gasteiger partial charge in [-0.25, -0.2) is 0 Å². The van der Waals surface area contributed by atoms with Gasteiger partial charge >= 0.3 is 0 Å². The molecule has 6 aromatic carbocycles. The second-order valence-electron chi connectivity index (χ2n) is 11.0. The van der Waals surface area contributed by atoms with E-state index in [0.29, 0.717) is 0 Å². The first-order valence-corrected chi connectivity index (χ1v) is 15.2. The molecule has 0 amide bonds. The Morgan fingerprint density at radius 1 is 0.463 bits per heavy atom. The Hall–Kier alpha value is -4.12. The van der Waals surface area contributed by atoms with Crippen molar-refractivity contribution in [2.75, 3.05) is 0 Å². The highest BCUT2D eigenvalue weighted by Gasteiger charge is 2.53. The van der Waals surface area contributed by atoms with E-state index in [-0.39, 0.29) is 0 Å². The lowest BCUT2D eigenvalue weighted by atomic mass is 9.70. The van der Waals surface area contributed by atoms with E-state index in [0.717, 1.165) is 52.8 Å². The maximum atomic E-state index is 6.54. The number of fused-ring (bicyclic) bond motifs is 18. The van der Waals surface area contributed by atoms with E-state index < -0.39 is 5.41 Å². The van der Waals surface area contributed by atoms with Gasteiger partial charge in [0.05, 0.1) is 14.4 Å². The van der Waals surface area contributed by atoms with Crippen molar-refractivity contribution in [3.63, 3.8) is 0 Å². The molecule has 2 aliphatic rings. The third kappa shape index (κ3) is 2.52. The minimum absolute atomic E-state index is 0.498. The maximum absolute atomic E-state index is 6.54. The van der Waals surface area contributed by atoms with Gasteiger partial charge in [-0.15, -0.1) is 0 Å². The van der Waals surface area contributed by atoms with Crippen molar-refractivity contribution in [1.82, 2.24) is 0 Å². The van der Waals surface area contributed by atoms with Crippen LogP contribution in [0.4, 0.5) is 0 Å². The molecule has 0 fully saturated rings. The van der Waals surface area contributed by atoms with E-state index in [1.165, 1.54) is 44.5 Å². The summed E-state index contributed by atoms with van der Waals surface area (Å²) in [6.07, 6.45) is 0. The smallest absolute Gasteiger partial charge is 0.150 e. The Kier molecular flexibility index (Phi) is 4.17. The van der Waals surface area contributed by atoms with Crippen LogP contribution >= 0.6 is 31.9 Å². The van der Waals surface area contributed by atoms with E-state index in [1.54, 1.807) is 0 Å². The average Bonchev–Trinajstić information content (AvgIpc) is 3.73. The number of halogens is 2. The highest BCUT2D eigenvalue weighted by Crippen LogP contribution is 2.66. The molecule has 0 saturated carbocycles. The predicted molar refractivity (Wildman–Crippen MR) is 173 cm³/mol. The molecule has 0 atom stereocenters. The number of hydrogen-bond donors (Lipinski definition) is 0. The van der Waals surface area contributed by atoms with Crippen molar-refractivity contribution in [3.05, 3.63) is 140 Å². The van der Waals surface area contributed by atoms with Crippen LogP contribution < -0.4 is 0 Å². The van der Waals surface area contributed by atoms with Crippen molar-refractivity contribution in [2.45, 2.75) is 5.41 Å². The summed E-state index contributed by atoms with van der Waals surface area (Å²) in [6.45, 7) is 0. The van der Waals surface area contributed by atoms with Crippen molar-refractivity contribution in [3.8, 4) is 22.3 Å². The summed E-state index contributed by atoms with van der Waals surface area (Å²) in [7, 11) is 0. The zero-order valence-electron chi connectivity index (χ0n) is 21.5. The van der Waals surface area contributed by atoms with Gasteiger partial charge in [-0.2, -0.15) is 0 Å². The molecular formula is C37H18Br2O2. The summed E-state index contributed by atoms with van der Waals surface area (Å²) in [4.78, 5) is 0. The topological polar surface area (TPSA) is 26.3 Å². The number of rotatable bonds is 0. The van der Waals surface area contributed by atoms with E-state index >= 15 is 0 Å². The predicted octanol–water partition coefficient (Wildman–Crippen LogP) is 11.4. The number of para-hydroxylation sites is 2. The van der Waals surface area contributed by atoms with Crippen LogP contribution in [-0.4, -0.2) is 0 Å². The first-order chi connectivity index (χ1) is 20.2. The fourth-order valence-electron chi connectivity index (χ4n) is 7.79. The van der Waals surface area contributed by atoms with Crippen molar-refractivity contribution in [1.29, 1.82) is 0 Å². The zero-order valence-corrected chi connectivity index (χ0v) is 24.6. The molecule has 0 saturated heterocycles. The van der Waals surface area contributed by atoms with Crippen LogP contribution in [0.15, 0.2) is 127 Å². The van der Waals surface area contributed by atoms with Crippen LogP contribution in [0.3, 0.4) is 0 Å². The zero-order chi connectivity index (χ0) is 27.0. The fraction of sp³-hybridized carbons (Fsp3) is 0.0270. The standard InChI is InChI=1S/C37H18Br2O2/c38-27-17-25-33(31-21-11-3-7-15-29(21)40-35(27)31)34-26(18-28(39)36-32(34)22-12-4-8-16-30(22)41-36)37(25)23-13-5-1-9-19(23)20-10-2-6-14-24(20)37/h1-18H. The van der Waals surface area contributed by atoms with E-state index in [2.05, 4.69) is 129 Å². The van der Waals surface area contributed by atoms with E-state index in [1.807, 2.05) is 12.1 Å². The second-order valence-corrected chi connectivity index (χ2v) is 12.7. The lowest BCUT2D eigenvalue weighted by Crippen LogP contribution is -2.26. The molecule has 1 spiro atoms. The SMILES string of the molecule is Brc1cc2c(c3c1oc1ccccc13)-c1c(cc(Br)c3oc4ccccc4c13)C21c2ccccc2-c2ccccc21. The third-order valence-electron chi connectivity index (χ3n) is 9.22. The van der Waals surface area contributed by atoms with Gasteiger partial charge in [-0.1, -0.05) is 84.9 Å². The molecule has 2 aliphatic carbocycles. The highest BCUT2D eigenvalue weighted by molar-refractivity contribution is 9.11.